The van der Waals surface area contributed by atoms with E-state index in [1.807, 2.05) is 43.7 Å². The van der Waals surface area contributed by atoms with E-state index in [9.17, 15) is 4.79 Å². The van der Waals surface area contributed by atoms with Crippen molar-refractivity contribution in [1.82, 2.24) is 9.78 Å². The molecule has 5 nitrogen and oxygen atoms in total. The molecule has 0 unspecified atom stereocenters. The summed E-state index contributed by atoms with van der Waals surface area (Å²) in [4.78, 5) is 11.8. The van der Waals surface area contributed by atoms with Crippen molar-refractivity contribution in [1.29, 1.82) is 0 Å². The SMILES string of the molecule is COc1ccc(NC(=O)CSCc2cnn(C)c2)cc1. The number of hydrogen-bond acceptors (Lipinski definition) is 4. The smallest absolute Gasteiger partial charge is 0.234 e. The van der Waals surface area contributed by atoms with Crippen molar-refractivity contribution in [2.45, 2.75) is 5.75 Å². The van der Waals surface area contributed by atoms with Gasteiger partial charge in [-0.25, -0.2) is 0 Å². The molecule has 1 aromatic heterocycles. The van der Waals surface area contributed by atoms with Gasteiger partial charge in [-0.05, 0) is 29.8 Å². The number of aromatic nitrogens is 2. The van der Waals surface area contributed by atoms with Gasteiger partial charge in [0.2, 0.25) is 5.91 Å². The topological polar surface area (TPSA) is 56.1 Å². The van der Waals surface area contributed by atoms with Gasteiger partial charge in [0.25, 0.3) is 0 Å². The van der Waals surface area contributed by atoms with E-state index in [1.54, 1.807) is 23.6 Å². The summed E-state index contributed by atoms with van der Waals surface area (Å²) in [6, 6.07) is 7.28. The van der Waals surface area contributed by atoms with Crippen LogP contribution < -0.4 is 10.1 Å². The van der Waals surface area contributed by atoms with Crippen LogP contribution in [-0.2, 0) is 17.6 Å². The molecule has 0 aliphatic carbocycles. The largest absolute Gasteiger partial charge is 0.497 e. The number of carbonyl (C=O) groups excluding carboxylic acids is 1. The third kappa shape index (κ3) is 4.31. The molecule has 106 valence electrons. The number of nitrogens with zero attached hydrogens (tertiary/aromatic N) is 2. The molecule has 0 atom stereocenters. The van der Waals surface area contributed by atoms with E-state index in [4.69, 9.17) is 4.74 Å². The summed E-state index contributed by atoms with van der Waals surface area (Å²) in [5.74, 6) is 1.96. The number of hydrogen-bond donors (Lipinski definition) is 1. The van der Waals surface area contributed by atoms with Crippen LogP contribution in [0.4, 0.5) is 5.69 Å². The van der Waals surface area contributed by atoms with Gasteiger partial charge in [-0.1, -0.05) is 0 Å². The van der Waals surface area contributed by atoms with Crippen LogP contribution in [-0.4, -0.2) is 28.6 Å². The van der Waals surface area contributed by atoms with E-state index < -0.39 is 0 Å². The highest BCUT2D eigenvalue weighted by atomic mass is 32.2. The molecule has 2 rings (SSSR count). The first kappa shape index (κ1) is 14.5. The average molecular weight is 291 g/mol. The molecule has 1 N–H and O–H groups in total. The minimum atomic E-state index is -0.0101. The van der Waals surface area contributed by atoms with Crippen LogP contribution in [0.3, 0.4) is 0 Å². The Labute approximate surface area is 122 Å². The van der Waals surface area contributed by atoms with Crippen LogP contribution in [0.25, 0.3) is 0 Å². The lowest BCUT2D eigenvalue weighted by Gasteiger charge is -2.05. The van der Waals surface area contributed by atoms with Gasteiger partial charge in [-0.15, -0.1) is 11.8 Å². The van der Waals surface area contributed by atoms with E-state index in [0.29, 0.717) is 5.75 Å². The van der Waals surface area contributed by atoms with Gasteiger partial charge in [0.15, 0.2) is 0 Å². The number of methoxy groups -OCH3 is 1. The normalized spacial score (nSPS) is 10.3. The minimum absolute atomic E-state index is 0.0101. The number of thioether (sulfide) groups is 1. The van der Waals surface area contributed by atoms with Crippen LogP contribution in [0.2, 0.25) is 0 Å². The van der Waals surface area contributed by atoms with Crippen molar-refractivity contribution in [3.8, 4) is 5.75 Å². The summed E-state index contributed by atoms with van der Waals surface area (Å²) in [5.41, 5.74) is 1.90. The summed E-state index contributed by atoms with van der Waals surface area (Å²) in [6.07, 6.45) is 3.77. The van der Waals surface area contributed by atoms with Crippen LogP contribution in [0.15, 0.2) is 36.7 Å². The fraction of sp³-hybridized carbons (Fsp3) is 0.286. The van der Waals surface area contributed by atoms with Crippen molar-refractivity contribution in [3.63, 3.8) is 0 Å². The lowest BCUT2D eigenvalue weighted by molar-refractivity contribution is -0.113. The highest BCUT2D eigenvalue weighted by molar-refractivity contribution is 7.99. The summed E-state index contributed by atoms with van der Waals surface area (Å²) >= 11 is 1.56. The first-order valence-electron chi connectivity index (χ1n) is 6.16. The minimum Gasteiger partial charge on any atom is -0.497 e. The second-order valence-electron chi connectivity index (χ2n) is 4.29. The zero-order valence-corrected chi connectivity index (χ0v) is 12.3. The Hall–Kier alpha value is -1.95. The molecule has 0 saturated heterocycles. The number of carbonyl (C=O) groups is 1. The number of aryl methyl sites for hydroxylation is 1. The molecule has 0 radical (unpaired) electrons. The molecule has 1 aromatic carbocycles. The van der Waals surface area contributed by atoms with Gasteiger partial charge in [0, 0.05) is 24.7 Å². The third-order valence-electron chi connectivity index (χ3n) is 2.63. The first-order chi connectivity index (χ1) is 9.67. The molecular formula is C14H17N3O2S. The molecule has 0 fully saturated rings. The van der Waals surface area contributed by atoms with E-state index in [-0.39, 0.29) is 5.91 Å². The van der Waals surface area contributed by atoms with Gasteiger partial charge in [0.05, 0.1) is 19.1 Å². The van der Waals surface area contributed by atoms with E-state index in [1.165, 1.54) is 0 Å². The van der Waals surface area contributed by atoms with Crippen LogP contribution in [0.5, 0.6) is 5.75 Å². The highest BCUT2D eigenvalue weighted by Gasteiger charge is 2.04. The lowest BCUT2D eigenvalue weighted by Crippen LogP contribution is -2.14. The van der Waals surface area contributed by atoms with E-state index in [2.05, 4.69) is 10.4 Å². The van der Waals surface area contributed by atoms with Gasteiger partial charge in [0.1, 0.15) is 5.75 Å². The third-order valence-corrected chi connectivity index (χ3v) is 3.64. The Morgan fingerprint density at radius 1 is 1.40 bits per heavy atom. The second-order valence-corrected chi connectivity index (χ2v) is 5.28. The fourth-order valence-electron chi connectivity index (χ4n) is 1.68. The second kappa shape index (κ2) is 7.00. The molecule has 0 aliphatic rings. The van der Waals surface area contributed by atoms with Gasteiger partial charge >= 0.3 is 0 Å². The maximum atomic E-state index is 11.8. The van der Waals surface area contributed by atoms with Crippen molar-refractivity contribution in [2.75, 3.05) is 18.2 Å². The Balaban J connectivity index is 1.74. The van der Waals surface area contributed by atoms with E-state index in [0.717, 1.165) is 22.8 Å². The summed E-state index contributed by atoms with van der Waals surface area (Å²) in [5, 5.41) is 6.94. The number of amides is 1. The van der Waals surface area contributed by atoms with Crippen molar-refractivity contribution in [3.05, 3.63) is 42.2 Å². The number of rotatable bonds is 6. The standard InChI is InChI=1S/C14H17N3O2S/c1-17-8-11(7-15-17)9-20-10-14(18)16-12-3-5-13(19-2)6-4-12/h3-8H,9-10H2,1-2H3,(H,16,18). The molecule has 0 aliphatic heterocycles. The van der Waals surface area contributed by atoms with Crippen LogP contribution in [0, 0.1) is 0 Å². The monoisotopic (exact) mass is 291 g/mol. The number of benzene rings is 1. The molecule has 20 heavy (non-hydrogen) atoms. The summed E-state index contributed by atoms with van der Waals surface area (Å²) in [7, 11) is 3.49. The number of nitrogens with one attached hydrogen (secondary N) is 1. The number of ether oxygens (including phenoxy) is 1. The molecule has 6 heteroatoms. The molecule has 1 heterocycles. The van der Waals surface area contributed by atoms with E-state index >= 15 is 0 Å². The summed E-state index contributed by atoms with van der Waals surface area (Å²) < 4.78 is 6.82. The first-order valence-corrected chi connectivity index (χ1v) is 7.32. The molecule has 2 aromatic rings. The Morgan fingerprint density at radius 3 is 2.75 bits per heavy atom. The number of anilines is 1. The molecule has 0 saturated carbocycles. The molecule has 0 spiro atoms. The molecule has 0 bridgehead atoms. The van der Waals surface area contributed by atoms with Crippen molar-refractivity contribution in [2.24, 2.45) is 7.05 Å². The maximum absolute atomic E-state index is 11.8. The highest BCUT2D eigenvalue weighted by Crippen LogP contribution is 2.16. The Kier molecular flexibility index (Phi) is 5.06. The maximum Gasteiger partial charge on any atom is 0.234 e. The van der Waals surface area contributed by atoms with Gasteiger partial charge in [-0.3, -0.25) is 9.48 Å². The Morgan fingerprint density at radius 2 is 2.15 bits per heavy atom. The Bertz CT molecular complexity index is 566. The quantitative estimate of drug-likeness (QED) is 0.887. The van der Waals surface area contributed by atoms with Crippen LogP contribution >= 0.6 is 11.8 Å². The fourth-order valence-corrected chi connectivity index (χ4v) is 2.42. The van der Waals surface area contributed by atoms with Gasteiger partial charge < -0.3 is 10.1 Å². The van der Waals surface area contributed by atoms with Crippen molar-refractivity contribution < 1.29 is 9.53 Å². The molecule has 1 amide bonds. The van der Waals surface area contributed by atoms with Crippen molar-refractivity contribution >= 4 is 23.4 Å². The lowest BCUT2D eigenvalue weighted by atomic mass is 10.3. The predicted molar refractivity (Wildman–Crippen MR) is 81.0 cm³/mol. The van der Waals surface area contributed by atoms with Gasteiger partial charge in [-0.2, -0.15) is 5.10 Å². The summed E-state index contributed by atoms with van der Waals surface area (Å²) in [6.45, 7) is 0. The average Bonchev–Trinajstić information content (AvgIpc) is 2.85. The zero-order chi connectivity index (χ0) is 14.4. The zero-order valence-electron chi connectivity index (χ0n) is 11.5. The predicted octanol–water partition coefficient (Wildman–Crippen LogP) is 2.30. The van der Waals surface area contributed by atoms with Crippen LogP contribution in [0.1, 0.15) is 5.56 Å². The molecular weight excluding hydrogens is 274 g/mol.